The van der Waals surface area contributed by atoms with Gasteiger partial charge in [-0.3, -0.25) is 9.59 Å². The molecule has 8 nitrogen and oxygen atoms in total. The lowest BCUT2D eigenvalue weighted by atomic mass is 9.53. The van der Waals surface area contributed by atoms with Crippen LogP contribution in [0.5, 0.6) is 0 Å². The molecule has 0 saturated carbocycles. The van der Waals surface area contributed by atoms with E-state index in [0.717, 1.165) is 15.6 Å². The second kappa shape index (κ2) is 9.10. The monoisotopic (exact) mass is 512 g/mol. The minimum Gasteiger partial charge on any atom is -0.391 e. The molecule has 0 bridgehead atoms. The first-order valence-electron chi connectivity index (χ1n) is 11.2. The van der Waals surface area contributed by atoms with E-state index in [0.29, 0.717) is 25.2 Å². The van der Waals surface area contributed by atoms with Gasteiger partial charge in [0.2, 0.25) is 5.91 Å². The van der Waals surface area contributed by atoms with Crippen LogP contribution in [0.1, 0.15) is 44.4 Å². The summed E-state index contributed by atoms with van der Waals surface area (Å²) in [6, 6.07) is 8.77. The highest BCUT2D eigenvalue weighted by molar-refractivity contribution is 9.10. The van der Waals surface area contributed by atoms with Gasteiger partial charge in [0.15, 0.2) is 0 Å². The van der Waals surface area contributed by atoms with E-state index in [9.17, 15) is 14.7 Å². The van der Waals surface area contributed by atoms with Crippen LogP contribution in [0.25, 0.3) is 0 Å². The zero-order valence-electron chi connectivity index (χ0n) is 19.2. The molecule has 1 aromatic heterocycles. The third-order valence-electron chi connectivity index (χ3n) is 6.51. The number of β-amino-alcohol motifs (C(OH)–C–C–N with tert-alkyl or cyclic N) is 1. The number of aliphatic hydroxyl groups is 1. The summed E-state index contributed by atoms with van der Waals surface area (Å²) in [6.07, 6.45) is -0.394. The lowest BCUT2D eigenvalue weighted by Crippen LogP contribution is -2.51. The van der Waals surface area contributed by atoms with Gasteiger partial charge in [-0.2, -0.15) is 4.99 Å². The van der Waals surface area contributed by atoms with Crippen molar-refractivity contribution < 1.29 is 19.2 Å². The second-order valence-electron chi connectivity index (χ2n) is 9.25. The van der Waals surface area contributed by atoms with Crippen LogP contribution in [-0.2, 0) is 15.1 Å². The number of likely N-dealkylation sites (tertiary alicyclic amines) is 1. The van der Waals surface area contributed by atoms with Crippen LogP contribution in [0, 0.1) is 5.92 Å². The lowest BCUT2D eigenvalue weighted by molar-refractivity contribution is -0.134. The van der Waals surface area contributed by atoms with Gasteiger partial charge in [0.05, 0.1) is 19.9 Å². The van der Waals surface area contributed by atoms with E-state index in [1.165, 1.54) is 0 Å². The van der Waals surface area contributed by atoms with E-state index in [2.05, 4.69) is 31.4 Å². The highest BCUT2D eigenvalue weighted by Crippen LogP contribution is 2.33. The van der Waals surface area contributed by atoms with Gasteiger partial charge < -0.3 is 19.8 Å². The van der Waals surface area contributed by atoms with Gasteiger partial charge in [0.25, 0.3) is 5.91 Å². The number of hydrogen-bond acceptors (Lipinski definition) is 6. The van der Waals surface area contributed by atoms with Crippen molar-refractivity contribution >= 4 is 54.1 Å². The molecule has 2 amide bonds. The lowest BCUT2D eigenvalue weighted by Gasteiger charge is -2.31. The van der Waals surface area contributed by atoms with Gasteiger partial charge in [0.1, 0.15) is 30.2 Å². The number of aliphatic imine (C=N–C) groups is 1. The number of benzene rings is 1. The molecule has 4 unspecified atom stereocenters. The van der Waals surface area contributed by atoms with Crippen LogP contribution in [-0.4, -0.2) is 66.4 Å². The average Bonchev–Trinajstić information content (AvgIpc) is 3.46. The summed E-state index contributed by atoms with van der Waals surface area (Å²) < 4.78 is 6.41. The largest absolute Gasteiger partial charge is 0.391 e. The molecule has 172 valence electrons. The Morgan fingerprint density at radius 1 is 1.39 bits per heavy atom. The summed E-state index contributed by atoms with van der Waals surface area (Å²) in [4.78, 5) is 32.6. The molecule has 33 heavy (non-hydrogen) atoms. The van der Waals surface area contributed by atoms with Crippen molar-refractivity contribution in [3.8, 4) is 0 Å². The normalized spacial score (nSPS) is 25.8. The fourth-order valence-corrected chi connectivity index (χ4v) is 4.83. The van der Waals surface area contributed by atoms with E-state index in [4.69, 9.17) is 4.52 Å². The minimum atomic E-state index is -1.03. The smallest absolute Gasteiger partial charge is 0.277 e. The highest BCUT2D eigenvalue weighted by atomic mass is 79.9. The van der Waals surface area contributed by atoms with Crippen LogP contribution in [0.2, 0.25) is 0 Å². The third kappa shape index (κ3) is 4.40. The molecule has 0 spiro atoms. The Labute approximate surface area is 202 Å². The molecule has 1 fully saturated rings. The number of aromatic nitrogens is 1. The fourth-order valence-electron chi connectivity index (χ4n) is 4.57. The van der Waals surface area contributed by atoms with Crippen LogP contribution in [0.4, 0.5) is 0 Å². The van der Waals surface area contributed by atoms with E-state index in [-0.39, 0.29) is 24.3 Å². The predicted molar refractivity (Wildman–Crippen MR) is 133 cm³/mol. The molecule has 2 N–H and O–H groups in total. The molecule has 4 rings (SSSR count). The van der Waals surface area contributed by atoms with Crippen molar-refractivity contribution in [3.63, 3.8) is 0 Å². The zero-order chi connectivity index (χ0) is 23.9. The van der Waals surface area contributed by atoms with Crippen molar-refractivity contribution in [2.45, 2.75) is 50.8 Å². The molecule has 2 aliphatic heterocycles. The average molecular weight is 513 g/mol. The van der Waals surface area contributed by atoms with Gasteiger partial charge in [-0.15, -0.1) is 0 Å². The third-order valence-corrected chi connectivity index (χ3v) is 7.03. The van der Waals surface area contributed by atoms with Crippen LogP contribution in [0.15, 0.2) is 44.3 Å². The Kier molecular flexibility index (Phi) is 6.55. The van der Waals surface area contributed by atoms with Gasteiger partial charge >= 0.3 is 0 Å². The standard InChI is InChI=1S/C22H27B2BrN4O4/c1-11(2)18(16-9-17(24-23)28-33-16)20(31)29-10-14(30)8-15(29)19-26-21(32)22(3,27-19)12-4-6-13(25)7-5-12/h4-7,9,11,14-15,18,24,30H,8,10,23H2,1-3H3,(H,26,27,32). The SMILES string of the molecule is BBc1cc(C(C(=O)N2CC(O)CC2C2=NC(=O)C(C)(c3ccc(Br)cc3)N2)C(C)C)on1. The molecule has 2 aromatic rings. The maximum Gasteiger partial charge on any atom is 0.277 e. The molecule has 0 aliphatic carbocycles. The van der Waals surface area contributed by atoms with Crippen molar-refractivity contribution in [1.29, 1.82) is 0 Å². The van der Waals surface area contributed by atoms with E-state index in [1.54, 1.807) is 11.8 Å². The number of carbonyl (C=O) groups is 2. The Morgan fingerprint density at radius 2 is 2.09 bits per heavy atom. The molecule has 11 heteroatoms. The predicted octanol–water partition coefficient (Wildman–Crippen LogP) is 0.192. The number of rotatable bonds is 6. The molecule has 1 aromatic carbocycles. The van der Waals surface area contributed by atoms with Crippen molar-refractivity contribution in [3.05, 3.63) is 46.1 Å². The maximum absolute atomic E-state index is 13.7. The summed E-state index contributed by atoms with van der Waals surface area (Å²) in [5.41, 5.74) is 0.537. The fraction of sp³-hybridized carbons (Fsp3) is 0.455. The number of amides is 2. The zero-order valence-corrected chi connectivity index (χ0v) is 20.8. The Hall–Kier alpha value is -2.39. The first-order valence-corrected chi connectivity index (χ1v) is 12.0. The first-order chi connectivity index (χ1) is 15.6. The molecular formula is C22H27B2BrN4O4. The number of hydrogen-bond donors (Lipinski definition) is 2. The maximum atomic E-state index is 13.7. The van der Waals surface area contributed by atoms with E-state index < -0.39 is 23.6 Å². The molecule has 4 atom stereocenters. The molecule has 3 heterocycles. The van der Waals surface area contributed by atoms with Gasteiger partial charge in [0, 0.05) is 23.0 Å². The van der Waals surface area contributed by atoms with Gasteiger partial charge in [-0.1, -0.05) is 47.1 Å². The highest BCUT2D eigenvalue weighted by Gasteiger charge is 2.48. The summed E-state index contributed by atoms with van der Waals surface area (Å²) in [6.45, 7) is 5.87. The number of carbonyl (C=O) groups excluding carboxylic acids is 2. The Balaban J connectivity index is 1.61. The van der Waals surface area contributed by atoms with Gasteiger partial charge in [-0.25, -0.2) is 0 Å². The van der Waals surface area contributed by atoms with Gasteiger partial charge in [-0.05, 0) is 36.6 Å². The number of amidine groups is 1. The minimum absolute atomic E-state index is 0.0401. The molecule has 2 aliphatic rings. The second-order valence-corrected chi connectivity index (χ2v) is 10.2. The van der Waals surface area contributed by atoms with Crippen LogP contribution >= 0.6 is 15.9 Å². The first kappa shape index (κ1) is 23.8. The summed E-state index contributed by atoms with van der Waals surface area (Å²) in [7, 11) is 2.69. The summed E-state index contributed by atoms with van der Waals surface area (Å²) in [5.74, 6) is -0.145. The van der Waals surface area contributed by atoms with Crippen molar-refractivity contribution in [1.82, 2.24) is 15.4 Å². The molecule has 1 saturated heterocycles. The van der Waals surface area contributed by atoms with Crippen molar-refractivity contribution in [2.24, 2.45) is 10.9 Å². The summed E-state index contributed by atoms with van der Waals surface area (Å²) >= 11 is 3.42. The quantitative estimate of drug-likeness (QED) is 0.535. The number of halogens is 1. The van der Waals surface area contributed by atoms with Crippen LogP contribution < -0.4 is 10.9 Å². The Morgan fingerprint density at radius 3 is 2.70 bits per heavy atom. The number of aliphatic hydroxyl groups excluding tert-OH is 1. The molecular weight excluding hydrogens is 486 g/mol. The summed E-state index contributed by atoms with van der Waals surface area (Å²) in [5, 5.41) is 17.8. The topological polar surface area (TPSA) is 108 Å². The number of nitrogens with one attached hydrogen (secondary N) is 1. The number of nitrogens with zero attached hydrogens (tertiary/aromatic N) is 3. The van der Waals surface area contributed by atoms with Crippen LogP contribution in [0.3, 0.4) is 0 Å². The van der Waals surface area contributed by atoms with E-state index >= 15 is 0 Å². The van der Waals surface area contributed by atoms with E-state index in [1.807, 2.05) is 51.9 Å². The van der Waals surface area contributed by atoms with Crippen molar-refractivity contribution in [2.75, 3.05) is 6.54 Å². The molecule has 0 radical (unpaired) electrons. The Bertz CT molecular complexity index is 1090.